The van der Waals surface area contributed by atoms with Gasteiger partial charge in [-0.1, -0.05) is 6.07 Å². The van der Waals surface area contributed by atoms with Gasteiger partial charge in [0.1, 0.15) is 0 Å². The second-order valence-electron chi connectivity index (χ2n) is 7.33. The molecular formula is C19H25F3N4O3. The van der Waals surface area contributed by atoms with Crippen molar-refractivity contribution in [3.63, 3.8) is 0 Å². The molecule has 2 fully saturated rings. The molecule has 3 amide bonds. The largest absolute Gasteiger partial charge is 0.468 e. The van der Waals surface area contributed by atoms with E-state index in [0.29, 0.717) is 31.5 Å². The smallest absolute Gasteiger partial charge is 0.422 e. The number of amides is 3. The maximum Gasteiger partial charge on any atom is 0.422 e. The van der Waals surface area contributed by atoms with Crippen molar-refractivity contribution in [2.24, 2.45) is 5.92 Å². The van der Waals surface area contributed by atoms with Crippen molar-refractivity contribution >= 4 is 11.9 Å². The number of urea groups is 1. The Morgan fingerprint density at radius 1 is 1.14 bits per heavy atom. The zero-order chi connectivity index (χ0) is 20.9. The molecule has 0 atom stereocenters. The summed E-state index contributed by atoms with van der Waals surface area (Å²) in [6.45, 7) is 1.24. The number of hydrogen-bond acceptors (Lipinski definition) is 4. The number of ether oxygens (including phenoxy) is 1. The fraction of sp³-hybridized carbons (Fsp3) is 0.632. The molecule has 0 radical (unpaired) electrons. The number of likely N-dealkylation sites (tertiary alicyclic amines) is 2. The summed E-state index contributed by atoms with van der Waals surface area (Å²) in [5.41, 5.74) is 0.381. The summed E-state index contributed by atoms with van der Waals surface area (Å²) in [5.74, 6) is -0.547. The van der Waals surface area contributed by atoms with Crippen molar-refractivity contribution in [3.8, 4) is 5.88 Å². The topological polar surface area (TPSA) is 74.8 Å². The van der Waals surface area contributed by atoms with E-state index in [4.69, 9.17) is 4.74 Å². The molecule has 160 valence electrons. The highest BCUT2D eigenvalue weighted by Gasteiger charge is 2.31. The van der Waals surface area contributed by atoms with E-state index in [1.165, 1.54) is 6.20 Å². The van der Waals surface area contributed by atoms with E-state index in [0.717, 1.165) is 25.9 Å². The summed E-state index contributed by atoms with van der Waals surface area (Å²) in [6, 6.07) is 3.18. The van der Waals surface area contributed by atoms with Crippen LogP contribution in [0.25, 0.3) is 0 Å². The normalized spacial score (nSPS) is 18.0. The summed E-state index contributed by atoms with van der Waals surface area (Å²) in [5, 5.41) is 2.75. The monoisotopic (exact) mass is 414 g/mol. The predicted molar refractivity (Wildman–Crippen MR) is 98.1 cm³/mol. The van der Waals surface area contributed by atoms with Crippen LogP contribution in [0.5, 0.6) is 5.88 Å². The number of piperidine rings is 1. The first-order valence-corrected chi connectivity index (χ1v) is 9.78. The van der Waals surface area contributed by atoms with Crippen molar-refractivity contribution in [1.29, 1.82) is 0 Å². The summed E-state index contributed by atoms with van der Waals surface area (Å²) >= 11 is 0. The molecule has 1 N–H and O–H groups in total. The molecule has 2 aliphatic rings. The van der Waals surface area contributed by atoms with Crippen LogP contribution in [0.3, 0.4) is 0 Å². The number of carbonyl (C=O) groups excluding carboxylic acids is 2. The first-order chi connectivity index (χ1) is 13.8. The molecule has 2 aliphatic heterocycles. The van der Waals surface area contributed by atoms with Gasteiger partial charge in [-0.15, -0.1) is 0 Å². The quantitative estimate of drug-likeness (QED) is 0.804. The maximum atomic E-state index is 12.5. The lowest BCUT2D eigenvalue weighted by Gasteiger charge is -2.34. The summed E-state index contributed by atoms with van der Waals surface area (Å²) in [7, 11) is 0. The molecule has 0 bridgehead atoms. The van der Waals surface area contributed by atoms with Crippen LogP contribution in [-0.4, -0.2) is 65.7 Å². The van der Waals surface area contributed by atoms with E-state index in [-0.39, 0.29) is 30.3 Å². The van der Waals surface area contributed by atoms with E-state index < -0.39 is 12.8 Å². The minimum absolute atomic E-state index is 0.0345. The molecule has 0 spiro atoms. The van der Waals surface area contributed by atoms with Gasteiger partial charge in [-0.05, 0) is 31.7 Å². The number of alkyl halides is 3. The first-order valence-electron chi connectivity index (χ1n) is 9.78. The van der Waals surface area contributed by atoms with Gasteiger partial charge in [0, 0.05) is 50.4 Å². The van der Waals surface area contributed by atoms with Gasteiger partial charge in [0.2, 0.25) is 11.8 Å². The van der Waals surface area contributed by atoms with Crippen LogP contribution >= 0.6 is 0 Å². The highest BCUT2D eigenvalue weighted by Crippen LogP contribution is 2.22. The molecular weight excluding hydrogens is 389 g/mol. The predicted octanol–water partition coefficient (Wildman–Crippen LogP) is 2.57. The number of pyridine rings is 1. The SMILES string of the molecule is O=C(NCc1cccnc1OCC(F)(F)F)C1CCN(C(=O)N2CCCC2)CC1. The Bertz CT molecular complexity index is 715. The molecule has 0 saturated carbocycles. The van der Waals surface area contributed by atoms with Crippen LogP contribution < -0.4 is 10.1 Å². The van der Waals surface area contributed by atoms with E-state index >= 15 is 0 Å². The molecule has 3 heterocycles. The fourth-order valence-electron chi connectivity index (χ4n) is 3.61. The van der Waals surface area contributed by atoms with Crippen LogP contribution in [-0.2, 0) is 11.3 Å². The van der Waals surface area contributed by atoms with Gasteiger partial charge in [0.25, 0.3) is 0 Å². The van der Waals surface area contributed by atoms with Crippen molar-refractivity contribution < 1.29 is 27.5 Å². The molecule has 1 aromatic heterocycles. The molecule has 0 aliphatic carbocycles. The minimum atomic E-state index is -4.46. The minimum Gasteiger partial charge on any atom is -0.468 e. The number of halogens is 3. The van der Waals surface area contributed by atoms with Crippen molar-refractivity contribution in [2.75, 3.05) is 32.8 Å². The second-order valence-corrected chi connectivity index (χ2v) is 7.33. The Kier molecular flexibility index (Phi) is 6.81. The third-order valence-corrected chi connectivity index (χ3v) is 5.19. The molecule has 7 nitrogen and oxygen atoms in total. The fourth-order valence-corrected chi connectivity index (χ4v) is 3.61. The third kappa shape index (κ3) is 5.98. The second kappa shape index (κ2) is 9.32. The zero-order valence-corrected chi connectivity index (χ0v) is 16.1. The first kappa shape index (κ1) is 21.2. The number of nitrogens with zero attached hydrogens (tertiary/aromatic N) is 3. The van der Waals surface area contributed by atoms with Gasteiger partial charge in [0.05, 0.1) is 0 Å². The lowest BCUT2D eigenvalue weighted by molar-refractivity contribution is -0.154. The van der Waals surface area contributed by atoms with Gasteiger partial charge in [-0.25, -0.2) is 9.78 Å². The summed E-state index contributed by atoms with van der Waals surface area (Å²) < 4.78 is 41.8. The highest BCUT2D eigenvalue weighted by molar-refractivity contribution is 5.79. The highest BCUT2D eigenvalue weighted by atomic mass is 19.4. The van der Waals surface area contributed by atoms with Gasteiger partial charge in [-0.2, -0.15) is 13.2 Å². The standard InChI is InChI=1S/C19H25F3N4O3/c20-19(21,22)13-29-17-15(4-3-7-23-17)12-24-16(27)14-5-10-26(11-6-14)18(28)25-8-1-2-9-25/h3-4,7,14H,1-2,5-6,8-13H2,(H,24,27). The van der Waals surface area contributed by atoms with E-state index in [2.05, 4.69) is 10.3 Å². The zero-order valence-electron chi connectivity index (χ0n) is 16.1. The Morgan fingerprint density at radius 3 is 2.45 bits per heavy atom. The van der Waals surface area contributed by atoms with E-state index in [1.54, 1.807) is 17.0 Å². The number of carbonyl (C=O) groups is 2. The average molecular weight is 414 g/mol. The molecule has 10 heteroatoms. The molecule has 0 aromatic carbocycles. The van der Waals surface area contributed by atoms with Crippen molar-refractivity contribution in [1.82, 2.24) is 20.1 Å². The van der Waals surface area contributed by atoms with Crippen LogP contribution in [0.15, 0.2) is 18.3 Å². The molecule has 2 saturated heterocycles. The van der Waals surface area contributed by atoms with E-state index in [1.807, 2.05) is 4.90 Å². The van der Waals surface area contributed by atoms with Crippen molar-refractivity contribution in [2.45, 2.75) is 38.4 Å². The third-order valence-electron chi connectivity index (χ3n) is 5.19. The van der Waals surface area contributed by atoms with Crippen molar-refractivity contribution in [3.05, 3.63) is 23.9 Å². The van der Waals surface area contributed by atoms with Gasteiger partial charge >= 0.3 is 12.2 Å². The summed E-state index contributed by atoms with van der Waals surface area (Å²) in [4.78, 5) is 32.3. The maximum absolute atomic E-state index is 12.5. The Balaban J connectivity index is 1.46. The van der Waals surface area contributed by atoms with Crippen LogP contribution in [0.1, 0.15) is 31.2 Å². The molecule has 0 unspecified atom stereocenters. The lowest BCUT2D eigenvalue weighted by Crippen LogP contribution is -2.47. The number of rotatable bonds is 5. The van der Waals surface area contributed by atoms with Gasteiger partial charge in [-0.3, -0.25) is 4.79 Å². The molecule has 3 rings (SSSR count). The van der Waals surface area contributed by atoms with Crippen LogP contribution in [0.4, 0.5) is 18.0 Å². The Hall–Kier alpha value is -2.52. The average Bonchev–Trinajstić information content (AvgIpc) is 3.25. The molecule has 1 aromatic rings. The number of nitrogens with one attached hydrogen (secondary N) is 1. The molecule has 29 heavy (non-hydrogen) atoms. The van der Waals surface area contributed by atoms with Crippen LogP contribution in [0.2, 0.25) is 0 Å². The Labute approximate surface area is 167 Å². The van der Waals surface area contributed by atoms with E-state index in [9.17, 15) is 22.8 Å². The number of aromatic nitrogens is 1. The lowest BCUT2D eigenvalue weighted by atomic mass is 9.96. The Morgan fingerprint density at radius 2 is 1.79 bits per heavy atom. The van der Waals surface area contributed by atoms with Gasteiger partial charge < -0.3 is 19.9 Å². The van der Waals surface area contributed by atoms with Gasteiger partial charge in [0.15, 0.2) is 6.61 Å². The van der Waals surface area contributed by atoms with Crippen LogP contribution in [0, 0.1) is 5.92 Å². The summed E-state index contributed by atoms with van der Waals surface area (Å²) in [6.07, 6.45) is 0.0790. The number of hydrogen-bond donors (Lipinski definition) is 1.